The van der Waals surface area contributed by atoms with Gasteiger partial charge in [-0.1, -0.05) is 49.4 Å². The molecule has 0 fully saturated rings. The average molecular weight is 367 g/mol. The largest absolute Gasteiger partial charge is 0.483 e. The van der Waals surface area contributed by atoms with Crippen molar-refractivity contribution < 1.29 is 14.7 Å². The number of carbonyl (C=O) groups is 2. The van der Waals surface area contributed by atoms with Crippen LogP contribution in [0.1, 0.15) is 48.9 Å². The summed E-state index contributed by atoms with van der Waals surface area (Å²) in [7, 11) is 0. The van der Waals surface area contributed by atoms with E-state index in [1.807, 2.05) is 31.2 Å². The third-order valence-corrected chi connectivity index (χ3v) is 4.35. The van der Waals surface area contributed by atoms with Crippen LogP contribution < -0.4 is 5.32 Å². The highest BCUT2D eigenvalue weighted by atomic mass is 16.3. The molecule has 0 spiro atoms. The second-order valence-corrected chi connectivity index (χ2v) is 6.41. The summed E-state index contributed by atoms with van der Waals surface area (Å²) in [5, 5.41) is 9.89. The first-order valence-corrected chi connectivity index (χ1v) is 9.12. The minimum Gasteiger partial charge on any atom is -0.483 e. The Labute approximate surface area is 161 Å². The Hall–Kier alpha value is -2.88. The van der Waals surface area contributed by atoms with Crippen molar-refractivity contribution in [2.75, 3.05) is 5.32 Å². The van der Waals surface area contributed by atoms with Crippen molar-refractivity contribution in [3.05, 3.63) is 70.8 Å². The van der Waals surface area contributed by atoms with Gasteiger partial charge in [-0.15, -0.1) is 0 Å². The van der Waals surface area contributed by atoms with Crippen LogP contribution in [0.3, 0.4) is 0 Å². The fourth-order valence-corrected chi connectivity index (χ4v) is 2.82. The predicted molar refractivity (Wildman–Crippen MR) is 112 cm³/mol. The minimum absolute atomic E-state index is 0.0647. The van der Waals surface area contributed by atoms with Gasteiger partial charge in [-0.25, -0.2) is 0 Å². The van der Waals surface area contributed by atoms with E-state index in [1.165, 1.54) is 22.3 Å². The zero-order valence-corrected chi connectivity index (χ0v) is 16.6. The molecule has 0 aliphatic carbocycles. The molecule has 0 saturated carbocycles. The van der Waals surface area contributed by atoms with Gasteiger partial charge in [0.05, 0.1) is 0 Å². The van der Waals surface area contributed by atoms with Gasteiger partial charge >= 0.3 is 0 Å². The molecule has 0 aliphatic heterocycles. The smallest absolute Gasteiger partial charge is 0.290 e. The molecule has 0 atom stereocenters. The van der Waals surface area contributed by atoms with Crippen molar-refractivity contribution in [2.45, 2.75) is 47.0 Å². The highest BCUT2D eigenvalue weighted by molar-refractivity contribution is 5.91. The normalized spacial score (nSPS) is 10.6. The van der Waals surface area contributed by atoms with E-state index in [0.717, 1.165) is 24.1 Å². The van der Waals surface area contributed by atoms with Crippen molar-refractivity contribution in [1.82, 2.24) is 0 Å². The summed E-state index contributed by atoms with van der Waals surface area (Å²) in [6, 6.07) is 14.4. The highest BCUT2D eigenvalue weighted by Crippen LogP contribution is 2.20. The van der Waals surface area contributed by atoms with E-state index in [-0.39, 0.29) is 12.4 Å². The lowest BCUT2D eigenvalue weighted by Gasteiger charge is -2.11. The Kier molecular flexibility index (Phi) is 9.59. The van der Waals surface area contributed by atoms with Crippen molar-refractivity contribution in [1.29, 1.82) is 0 Å². The number of para-hydroxylation sites is 1. The maximum Gasteiger partial charge on any atom is 0.290 e. The number of rotatable bonds is 6. The van der Waals surface area contributed by atoms with Crippen molar-refractivity contribution in [3.8, 4) is 0 Å². The lowest BCUT2D eigenvalue weighted by Crippen LogP contribution is -2.13. The Balaban J connectivity index is 0.00000114. The molecule has 0 aromatic heterocycles. The Morgan fingerprint density at radius 2 is 1.78 bits per heavy atom. The monoisotopic (exact) mass is 367 g/mol. The standard InChI is InChI=1S/C22H27NO.CH2O2/c1-5-8-16(2)20-12-11-19(18(4)15-20)13-14-22(24)23-21-10-7-6-9-17(21)3;2-1-3/h6-12,15H,5,13-14H2,1-4H3,(H,23,24);1H,(H,2,3)/b16-8+;. The van der Waals surface area contributed by atoms with Crippen LogP contribution in [-0.2, 0) is 16.0 Å². The SMILES string of the molecule is CC/C=C(\C)c1ccc(CCC(=O)Nc2ccccc2C)c(C)c1.O=CO. The highest BCUT2D eigenvalue weighted by Gasteiger charge is 2.07. The molecule has 0 radical (unpaired) electrons. The van der Waals surface area contributed by atoms with Crippen LogP contribution in [0.5, 0.6) is 0 Å². The van der Waals surface area contributed by atoms with Gasteiger partial charge in [0.2, 0.25) is 5.91 Å². The van der Waals surface area contributed by atoms with Gasteiger partial charge < -0.3 is 10.4 Å². The third-order valence-electron chi connectivity index (χ3n) is 4.35. The number of nitrogens with one attached hydrogen (secondary N) is 1. The zero-order chi connectivity index (χ0) is 20.2. The van der Waals surface area contributed by atoms with E-state index in [9.17, 15) is 4.79 Å². The summed E-state index contributed by atoms with van der Waals surface area (Å²) in [5.41, 5.74) is 7.05. The molecule has 1 amide bonds. The lowest BCUT2D eigenvalue weighted by atomic mass is 9.97. The number of allylic oxidation sites excluding steroid dienone is 2. The van der Waals surface area contributed by atoms with Crippen LogP contribution >= 0.6 is 0 Å². The minimum atomic E-state index is -0.250. The summed E-state index contributed by atoms with van der Waals surface area (Å²) >= 11 is 0. The Morgan fingerprint density at radius 1 is 1.11 bits per heavy atom. The molecule has 2 aromatic carbocycles. The van der Waals surface area contributed by atoms with Gasteiger partial charge in [-0.3, -0.25) is 9.59 Å². The maximum absolute atomic E-state index is 12.2. The van der Waals surface area contributed by atoms with Gasteiger partial charge in [-0.2, -0.15) is 0 Å². The molecule has 144 valence electrons. The van der Waals surface area contributed by atoms with Gasteiger partial charge in [0.25, 0.3) is 6.47 Å². The molecule has 0 heterocycles. The molecule has 2 rings (SSSR count). The lowest BCUT2D eigenvalue weighted by molar-refractivity contribution is -0.123. The summed E-state index contributed by atoms with van der Waals surface area (Å²) < 4.78 is 0. The molecule has 0 saturated heterocycles. The number of anilines is 1. The Morgan fingerprint density at radius 3 is 2.37 bits per heavy atom. The van der Waals surface area contributed by atoms with E-state index in [4.69, 9.17) is 9.90 Å². The number of benzene rings is 2. The first-order chi connectivity index (χ1) is 12.9. The van der Waals surface area contributed by atoms with Gasteiger partial charge in [0.1, 0.15) is 0 Å². The summed E-state index contributed by atoms with van der Waals surface area (Å²) in [5.74, 6) is 0.0647. The van der Waals surface area contributed by atoms with E-state index in [2.05, 4.69) is 50.4 Å². The van der Waals surface area contributed by atoms with E-state index in [0.29, 0.717) is 6.42 Å². The average Bonchev–Trinajstić information content (AvgIpc) is 2.63. The predicted octanol–water partition coefficient (Wildman–Crippen LogP) is 5.39. The molecule has 4 heteroatoms. The number of aryl methyl sites for hydroxylation is 3. The molecular formula is C23H29NO3. The number of hydrogen-bond donors (Lipinski definition) is 2. The number of carboxylic acid groups (broad SMARTS) is 1. The third kappa shape index (κ3) is 7.48. The molecule has 0 bridgehead atoms. The molecule has 27 heavy (non-hydrogen) atoms. The molecule has 2 aromatic rings. The van der Waals surface area contributed by atoms with E-state index >= 15 is 0 Å². The summed E-state index contributed by atoms with van der Waals surface area (Å²) in [6.45, 7) is 8.17. The van der Waals surface area contributed by atoms with Gasteiger partial charge in [0, 0.05) is 12.1 Å². The fraction of sp³-hybridized carbons (Fsp3) is 0.304. The first kappa shape index (κ1) is 22.2. The topological polar surface area (TPSA) is 66.4 Å². The van der Waals surface area contributed by atoms with Gasteiger partial charge in [-0.05, 0) is 67.5 Å². The second kappa shape index (κ2) is 11.7. The van der Waals surface area contributed by atoms with Crippen LogP contribution in [0.2, 0.25) is 0 Å². The van der Waals surface area contributed by atoms with Gasteiger partial charge in [0.15, 0.2) is 0 Å². The first-order valence-electron chi connectivity index (χ1n) is 9.12. The van der Waals surface area contributed by atoms with Crippen LogP contribution in [0.25, 0.3) is 5.57 Å². The van der Waals surface area contributed by atoms with Crippen LogP contribution in [0, 0.1) is 13.8 Å². The zero-order valence-electron chi connectivity index (χ0n) is 16.6. The molecule has 4 nitrogen and oxygen atoms in total. The van der Waals surface area contributed by atoms with E-state index in [1.54, 1.807) is 0 Å². The summed E-state index contributed by atoms with van der Waals surface area (Å²) in [6.07, 6.45) is 4.55. The number of carbonyl (C=O) groups excluding carboxylic acids is 1. The second-order valence-electron chi connectivity index (χ2n) is 6.41. The molecular weight excluding hydrogens is 338 g/mol. The van der Waals surface area contributed by atoms with E-state index < -0.39 is 0 Å². The summed E-state index contributed by atoms with van der Waals surface area (Å²) in [4.78, 5) is 20.6. The molecule has 2 N–H and O–H groups in total. The molecule has 0 aliphatic rings. The maximum atomic E-state index is 12.2. The van der Waals surface area contributed by atoms with Crippen LogP contribution in [0.4, 0.5) is 5.69 Å². The van der Waals surface area contributed by atoms with Crippen molar-refractivity contribution >= 4 is 23.6 Å². The number of amides is 1. The number of hydrogen-bond acceptors (Lipinski definition) is 2. The van der Waals surface area contributed by atoms with Crippen molar-refractivity contribution in [2.24, 2.45) is 0 Å². The fourth-order valence-electron chi connectivity index (χ4n) is 2.82. The quantitative estimate of drug-likeness (QED) is 0.673. The molecule has 0 unspecified atom stereocenters. The van der Waals surface area contributed by atoms with Crippen LogP contribution in [0.15, 0.2) is 48.5 Å². The van der Waals surface area contributed by atoms with Crippen molar-refractivity contribution in [3.63, 3.8) is 0 Å². The Bertz CT molecular complexity index is 794. The van der Waals surface area contributed by atoms with Crippen LogP contribution in [-0.4, -0.2) is 17.5 Å².